The van der Waals surface area contributed by atoms with Crippen molar-refractivity contribution in [3.63, 3.8) is 0 Å². The molecule has 0 atom stereocenters. The van der Waals surface area contributed by atoms with Gasteiger partial charge in [-0.3, -0.25) is 4.68 Å². The van der Waals surface area contributed by atoms with E-state index in [1.54, 1.807) is 42.9 Å². The number of carbonyl (C=O) groups excluding carboxylic acids is 1. The lowest BCUT2D eigenvalue weighted by Crippen LogP contribution is -2.08. The summed E-state index contributed by atoms with van der Waals surface area (Å²) in [4.78, 5) is 11.8. The van der Waals surface area contributed by atoms with E-state index in [-0.39, 0.29) is 6.61 Å². The van der Waals surface area contributed by atoms with Crippen LogP contribution >= 0.6 is 11.6 Å². The van der Waals surface area contributed by atoms with Crippen molar-refractivity contribution in [1.82, 2.24) is 9.78 Å². The molecule has 0 saturated carbocycles. The van der Waals surface area contributed by atoms with Crippen LogP contribution in [-0.4, -0.2) is 15.7 Å². The zero-order chi connectivity index (χ0) is 14.0. The van der Waals surface area contributed by atoms with Crippen LogP contribution < -0.4 is 5.73 Å². The van der Waals surface area contributed by atoms with Gasteiger partial charge in [0.2, 0.25) is 0 Å². The van der Waals surface area contributed by atoms with E-state index in [0.717, 1.165) is 0 Å². The number of rotatable bonds is 3. The molecule has 2 rings (SSSR count). The number of halogens is 1. The first kappa shape index (κ1) is 13.4. The quantitative estimate of drug-likeness (QED) is 0.691. The maximum atomic E-state index is 11.8. The lowest BCUT2D eigenvalue weighted by atomic mass is 10.2. The minimum absolute atomic E-state index is 0.0732. The fourth-order valence-corrected chi connectivity index (χ4v) is 1.93. The van der Waals surface area contributed by atoms with Crippen molar-refractivity contribution in [2.24, 2.45) is 7.05 Å². The van der Waals surface area contributed by atoms with E-state index in [4.69, 9.17) is 22.1 Å². The third-order valence-corrected chi connectivity index (χ3v) is 3.22. The minimum Gasteiger partial charge on any atom is -0.456 e. The minimum atomic E-state index is -0.442. The van der Waals surface area contributed by atoms with Gasteiger partial charge >= 0.3 is 5.97 Å². The standard InChI is InChI=1S/C13H14ClN3O2/c1-8-12(14)11(17(2)16-8)7-19-13(18)9-4-3-5-10(15)6-9/h3-6H,7,15H2,1-2H3. The van der Waals surface area contributed by atoms with Gasteiger partial charge in [-0.05, 0) is 25.1 Å². The highest BCUT2D eigenvalue weighted by Crippen LogP contribution is 2.20. The Morgan fingerprint density at radius 2 is 2.26 bits per heavy atom. The maximum Gasteiger partial charge on any atom is 0.338 e. The highest BCUT2D eigenvalue weighted by molar-refractivity contribution is 6.31. The summed E-state index contributed by atoms with van der Waals surface area (Å²) in [5.74, 6) is -0.442. The summed E-state index contributed by atoms with van der Waals surface area (Å²) in [5, 5.41) is 4.67. The first-order chi connectivity index (χ1) is 8.99. The molecule has 0 aliphatic rings. The van der Waals surface area contributed by atoms with Crippen molar-refractivity contribution in [1.29, 1.82) is 0 Å². The van der Waals surface area contributed by atoms with E-state index in [1.807, 2.05) is 0 Å². The van der Waals surface area contributed by atoms with Crippen molar-refractivity contribution in [2.75, 3.05) is 5.73 Å². The van der Waals surface area contributed by atoms with Crippen LogP contribution in [-0.2, 0) is 18.4 Å². The average Bonchev–Trinajstić information content (AvgIpc) is 2.61. The molecule has 0 aliphatic carbocycles. The molecule has 0 bridgehead atoms. The number of aryl methyl sites for hydroxylation is 2. The van der Waals surface area contributed by atoms with Gasteiger partial charge in [-0.25, -0.2) is 4.79 Å². The Morgan fingerprint density at radius 3 is 2.84 bits per heavy atom. The molecule has 0 saturated heterocycles. The molecule has 0 radical (unpaired) electrons. The van der Waals surface area contributed by atoms with Crippen LogP contribution in [0.1, 0.15) is 21.7 Å². The number of carbonyl (C=O) groups is 1. The third-order valence-electron chi connectivity index (χ3n) is 2.72. The summed E-state index contributed by atoms with van der Waals surface area (Å²) in [7, 11) is 1.75. The molecule has 19 heavy (non-hydrogen) atoms. The molecule has 0 aliphatic heterocycles. The van der Waals surface area contributed by atoms with E-state index in [2.05, 4.69) is 5.10 Å². The number of nitrogens with zero attached hydrogens (tertiary/aromatic N) is 2. The average molecular weight is 280 g/mol. The molecular formula is C13H14ClN3O2. The number of esters is 1. The first-order valence-corrected chi connectivity index (χ1v) is 6.07. The smallest absolute Gasteiger partial charge is 0.338 e. The number of hydrogen-bond acceptors (Lipinski definition) is 4. The van der Waals surface area contributed by atoms with E-state index in [1.165, 1.54) is 0 Å². The Kier molecular flexibility index (Phi) is 3.76. The summed E-state index contributed by atoms with van der Waals surface area (Å²) in [5.41, 5.74) is 7.91. The Labute approximate surface area is 115 Å². The predicted octanol–water partition coefficient (Wildman–Crippen LogP) is 2.32. The lowest BCUT2D eigenvalue weighted by Gasteiger charge is -2.06. The van der Waals surface area contributed by atoms with E-state index >= 15 is 0 Å². The van der Waals surface area contributed by atoms with Crippen LogP contribution in [0.4, 0.5) is 5.69 Å². The molecule has 5 nitrogen and oxygen atoms in total. The second kappa shape index (κ2) is 5.32. The molecule has 1 heterocycles. The van der Waals surface area contributed by atoms with Gasteiger partial charge in [0.25, 0.3) is 0 Å². The summed E-state index contributed by atoms with van der Waals surface area (Å²) < 4.78 is 6.81. The number of nitrogen functional groups attached to an aromatic ring is 1. The van der Waals surface area contributed by atoms with Crippen LogP contribution in [0.3, 0.4) is 0 Å². The molecule has 1 aromatic carbocycles. The second-order valence-electron chi connectivity index (χ2n) is 4.17. The largest absolute Gasteiger partial charge is 0.456 e. The number of benzene rings is 1. The van der Waals surface area contributed by atoms with E-state index in [0.29, 0.717) is 27.7 Å². The van der Waals surface area contributed by atoms with Gasteiger partial charge < -0.3 is 10.5 Å². The number of ether oxygens (including phenoxy) is 1. The Bertz CT molecular complexity index is 622. The SMILES string of the molecule is Cc1nn(C)c(COC(=O)c2cccc(N)c2)c1Cl. The highest BCUT2D eigenvalue weighted by atomic mass is 35.5. The third kappa shape index (κ3) is 2.88. The number of nitrogens with two attached hydrogens (primary N) is 1. The fourth-order valence-electron chi connectivity index (χ4n) is 1.72. The number of hydrogen-bond donors (Lipinski definition) is 1. The van der Waals surface area contributed by atoms with Gasteiger partial charge in [-0.15, -0.1) is 0 Å². The number of aromatic nitrogens is 2. The van der Waals surface area contributed by atoms with E-state index < -0.39 is 5.97 Å². The van der Waals surface area contributed by atoms with Crippen LogP contribution in [0, 0.1) is 6.92 Å². The Balaban J connectivity index is 2.09. The van der Waals surface area contributed by atoms with Gasteiger partial charge in [0, 0.05) is 12.7 Å². The fraction of sp³-hybridized carbons (Fsp3) is 0.231. The van der Waals surface area contributed by atoms with Crippen molar-refractivity contribution >= 4 is 23.3 Å². The monoisotopic (exact) mass is 279 g/mol. The molecule has 0 amide bonds. The number of anilines is 1. The van der Waals surface area contributed by atoms with Crippen molar-refractivity contribution in [2.45, 2.75) is 13.5 Å². The first-order valence-electron chi connectivity index (χ1n) is 5.69. The Morgan fingerprint density at radius 1 is 1.53 bits per heavy atom. The zero-order valence-corrected chi connectivity index (χ0v) is 11.4. The van der Waals surface area contributed by atoms with Crippen LogP contribution in [0.25, 0.3) is 0 Å². The molecule has 2 aromatic rings. The van der Waals surface area contributed by atoms with Gasteiger partial charge in [0.15, 0.2) is 0 Å². The van der Waals surface area contributed by atoms with Gasteiger partial charge in [0.1, 0.15) is 6.61 Å². The lowest BCUT2D eigenvalue weighted by molar-refractivity contribution is 0.0464. The van der Waals surface area contributed by atoms with Crippen molar-refractivity contribution in [3.05, 3.63) is 46.2 Å². The molecular weight excluding hydrogens is 266 g/mol. The molecule has 1 aromatic heterocycles. The van der Waals surface area contributed by atoms with Crippen molar-refractivity contribution in [3.8, 4) is 0 Å². The summed E-state index contributed by atoms with van der Waals surface area (Å²) in [6.07, 6.45) is 0. The van der Waals surface area contributed by atoms with Crippen LogP contribution in [0.15, 0.2) is 24.3 Å². The summed E-state index contributed by atoms with van der Waals surface area (Å²) in [6, 6.07) is 6.62. The Hall–Kier alpha value is -2.01. The second-order valence-corrected chi connectivity index (χ2v) is 4.55. The van der Waals surface area contributed by atoms with Crippen LogP contribution in [0.5, 0.6) is 0 Å². The topological polar surface area (TPSA) is 70.1 Å². The zero-order valence-electron chi connectivity index (χ0n) is 10.7. The summed E-state index contributed by atoms with van der Waals surface area (Å²) >= 11 is 6.07. The van der Waals surface area contributed by atoms with Gasteiger partial charge in [-0.1, -0.05) is 17.7 Å². The molecule has 0 fully saturated rings. The molecule has 0 spiro atoms. The van der Waals surface area contributed by atoms with E-state index in [9.17, 15) is 4.79 Å². The van der Waals surface area contributed by atoms with Gasteiger partial charge in [-0.2, -0.15) is 5.10 Å². The predicted molar refractivity (Wildman–Crippen MR) is 72.9 cm³/mol. The van der Waals surface area contributed by atoms with Gasteiger partial charge in [0.05, 0.1) is 22.0 Å². The highest BCUT2D eigenvalue weighted by Gasteiger charge is 2.14. The molecule has 2 N–H and O–H groups in total. The molecule has 100 valence electrons. The van der Waals surface area contributed by atoms with Crippen LogP contribution in [0.2, 0.25) is 5.02 Å². The maximum absolute atomic E-state index is 11.8. The normalized spacial score (nSPS) is 10.5. The molecule has 6 heteroatoms. The summed E-state index contributed by atoms with van der Waals surface area (Å²) in [6.45, 7) is 1.87. The van der Waals surface area contributed by atoms with Crippen molar-refractivity contribution < 1.29 is 9.53 Å². The molecule has 0 unspecified atom stereocenters.